The van der Waals surface area contributed by atoms with E-state index in [0.29, 0.717) is 6.42 Å². The molecule has 0 aromatic carbocycles. The monoisotopic (exact) mass is 152 g/mol. The third-order valence-corrected chi connectivity index (χ3v) is 1.44. The van der Waals surface area contributed by atoms with Gasteiger partial charge in [-0.15, -0.1) is 0 Å². The van der Waals surface area contributed by atoms with Crippen LogP contribution in [0.2, 0.25) is 0 Å². The number of hydrogen-bond donors (Lipinski definition) is 0. The van der Waals surface area contributed by atoms with Crippen molar-refractivity contribution in [2.75, 3.05) is 0 Å². The van der Waals surface area contributed by atoms with Crippen LogP contribution in [0.3, 0.4) is 0 Å². The summed E-state index contributed by atoms with van der Waals surface area (Å²) in [6, 6.07) is 1.46. The predicted molar refractivity (Wildman–Crippen MR) is 41.7 cm³/mol. The van der Waals surface area contributed by atoms with Crippen LogP contribution in [0.4, 0.5) is 0 Å². The highest BCUT2D eigenvalue weighted by Crippen LogP contribution is 2.04. The molecule has 3 nitrogen and oxygen atoms in total. The molecule has 0 aliphatic carbocycles. The lowest BCUT2D eigenvalue weighted by Gasteiger charge is -1.98. The van der Waals surface area contributed by atoms with Gasteiger partial charge >= 0.3 is 0 Å². The number of aliphatic imine (C=N–C) groups is 1. The van der Waals surface area contributed by atoms with Crippen LogP contribution in [0, 0.1) is 11.3 Å². The molecule has 0 aromatic heterocycles. The number of hydrogen-bond acceptors (Lipinski definition) is 3. The minimum atomic E-state index is -0.473. The first-order valence-electron chi connectivity index (χ1n) is 3.81. The quantitative estimate of drug-likeness (QED) is 0.342. The number of isocyanates is 1. The summed E-state index contributed by atoms with van der Waals surface area (Å²) in [5, 5.41) is 8.43. The second-order valence-electron chi connectivity index (χ2n) is 2.36. The molecule has 1 atom stereocenters. The molecule has 3 heteroatoms. The van der Waals surface area contributed by atoms with Crippen molar-refractivity contribution in [2.24, 2.45) is 4.99 Å². The summed E-state index contributed by atoms with van der Waals surface area (Å²) >= 11 is 0. The SMILES string of the molecule is CCCCCC(C#N)N=C=O. The summed E-state index contributed by atoms with van der Waals surface area (Å²) in [6.45, 7) is 2.09. The van der Waals surface area contributed by atoms with Crippen LogP contribution in [-0.4, -0.2) is 12.1 Å². The Labute approximate surface area is 66.7 Å². The topological polar surface area (TPSA) is 53.2 Å². The second kappa shape index (κ2) is 6.98. The van der Waals surface area contributed by atoms with Crippen LogP contribution in [-0.2, 0) is 4.79 Å². The summed E-state index contributed by atoms with van der Waals surface area (Å²) < 4.78 is 0. The lowest BCUT2D eigenvalue weighted by atomic mass is 10.1. The zero-order valence-corrected chi connectivity index (χ0v) is 6.71. The van der Waals surface area contributed by atoms with E-state index < -0.39 is 6.04 Å². The maximum atomic E-state index is 9.76. The molecule has 0 amide bonds. The average molecular weight is 152 g/mol. The maximum Gasteiger partial charge on any atom is 0.236 e. The Morgan fingerprint density at radius 1 is 1.55 bits per heavy atom. The Morgan fingerprint density at radius 3 is 2.73 bits per heavy atom. The van der Waals surface area contributed by atoms with Crippen LogP contribution in [0.5, 0.6) is 0 Å². The number of rotatable bonds is 5. The van der Waals surface area contributed by atoms with Crippen molar-refractivity contribution in [3.05, 3.63) is 0 Å². The van der Waals surface area contributed by atoms with E-state index in [0.717, 1.165) is 19.3 Å². The van der Waals surface area contributed by atoms with E-state index in [2.05, 4.69) is 11.9 Å². The van der Waals surface area contributed by atoms with Crippen molar-refractivity contribution in [3.63, 3.8) is 0 Å². The molecule has 1 unspecified atom stereocenters. The van der Waals surface area contributed by atoms with Gasteiger partial charge in [-0.2, -0.15) is 10.3 Å². The van der Waals surface area contributed by atoms with E-state index in [1.165, 1.54) is 6.08 Å². The fourth-order valence-corrected chi connectivity index (χ4v) is 0.809. The van der Waals surface area contributed by atoms with Crippen molar-refractivity contribution in [1.29, 1.82) is 5.26 Å². The minimum absolute atomic E-state index is 0.473. The van der Waals surface area contributed by atoms with Crippen LogP contribution in [0.15, 0.2) is 4.99 Å². The highest BCUT2D eigenvalue weighted by atomic mass is 16.1. The molecule has 0 aliphatic rings. The third-order valence-electron chi connectivity index (χ3n) is 1.44. The number of unbranched alkanes of at least 4 members (excludes halogenated alkanes) is 2. The molecular formula is C8H12N2O. The van der Waals surface area contributed by atoms with E-state index in [4.69, 9.17) is 5.26 Å². The van der Waals surface area contributed by atoms with E-state index in [9.17, 15) is 4.79 Å². The minimum Gasteiger partial charge on any atom is -0.211 e. The largest absolute Gasteiger partial charge is 0.236 e. The van der Waals surface area contributed by atoms with Crippen LogP contribution >= 0.6 is 0 Å². The van der Waals surface area contributed by atoms with Gasteiger partial charge in [0.15, 0.2) is 0 Å². The number of carbonyl (C=O) groups excluding carboxylic acids is 1. The normalized spacial score (nSPS) is 11.3. The smallest absolute Gasteiger partial charge is 0.211 e. The molecule has 0 saturated heterocycles. The van der Waals surface area contributed by atoms with Gasteiger partial charge in [0, 0.05) is 0 Å². The first-order chi connectivity index (χ1) is 5.35. The molecule has 0 fully saturated rings. The van der Waals surface area contributed by atoms with E-state index >= 15 is 0 Å². The van der Waals surface area contributed by atoms with E-state index in [1.54, 1.807) is 0 Å². The molecule has 0 bridgehead atoms. The molecule has 0 heterocycles. The number of nitrogens with zero attached hydrogens (tertiary/aromatic N) is 2. The molecule has 60 valence electrons. The predicted octanol–water partition coefficient (Wildman–Crippen LogP) is 1.79. The van der Waals surface area contributed by atoms with Gasteiger partial charge in [-0.1, -0.05) is 26.2 Å². The lowest BCUT2D eigenvalue weighted by Crippen LogP contribution is -1.99. The summed E-state index contributed by atoms with van der Waals surface area (Å²) in [4.78, 5) is 13.1. The maximum absolute atomic E-state index is 9.76. The fourth-order valence-electron chi connectivity index (χ4n) is 0.809. The van der Waals surface area contributed by atoms with Crippen LogP contribution in [0.1, 0.15) is 32.6 Å². The molecule has 0 saturated carbocycles. The molecule has 0 spiro atoms. The zero-order chi connectivity index (χ0) is 8.53. The van der Waals surface area contributed by atoms with Crippen LogP contribution < -0.4 is 0 Å². The van der Waals surface area contributed by atoms with E-state index in [1.807, 2.05) is 6.07 Å². The molecule has 0 radical (unpaired) electrons. The molecular weight excluding hydrogens is 140 g/mol. The van der Waals surface area contributed by atoms with Gasteiger partial charge in [0.05, 0.1) is 6.07 Å². The van der Waals surface area contributed by atoms with Crippen molar-refractivity contribution in [1.82, 2.24) is 0 Å². The molecule has 0 aromatic rings. The summed E-state index contributed by atoms with van der Waals surface area (Å²) in [5.41, 5.74) is 0. The average Bonchev–Trinajstić information content (AvgIpc) is 2.03. The summed E-state index contributed by atoms with van der Waals surface area (Å²) in [5.74, 6) is 0. The van der Waals surface area contributed by atoms with Crippen molar-refractivity contribution in [3.8, 4) is 6.07 Å². The number of nitriles is 1. The van der Waals surface area contributed by atoms with Gasteiger partial charge in [0.2, 0.25) is 6.08 Å². The van der Waals surface area contributed by atoms with E-state index in [-0.39, 0.29) is 0 Å². The Hall–Kier alpha value is -1.13. The summed E-state index contributed by atoms with van der Waals surface area (Å²) in [6.07, 6.45) is 5.24. The van der Waals surface area contributed by atoms with Crippen molar-refractivity contribution >= 4 is 6.08 Å². The van der Waals surface area contributed by atoms with Gasteiger partial charge in [-0.05, 0) is 6.42 Å². The Balaban J connectivity index is 3.54. The van der Waals surface area contributed by atoms with Gasteiger partial charge in [0.25, 0.3) is 0 Å². The third kappa shape index (κ3) is 5.32. The molecule has 11 heavy (non-hydrogen) atoms. The highest BCUT2D eigenvalue weighted by Gasteiger charge is 2.02. The Kier molecular flexibility index (Phi) is 6.27. The first-order valence-corrected chi connectivity index (χ1v) is 3.81. The Bertz CT molecular complexity index is 177. The standard InChI is InChI=1S/C8H12N2O/c1-2-3-4-5-8(6-9)10-7-11/h8H,2-5H2,1H3. The first kappa shape index (κ1) is 9.87. The van der Waals surface area contributed by atoms with Crippen molar-refractivity contribution < 1.29 is 4.79 Å². The highest BCUT2D eigenvalue weighted by molar-refractivity contribution is 5.34. The van der Waals surface area contributed by atoms with Crippen molar-refractivity contribution in [2.45, 2.75) is 38.6 Å². The Morgan fingerprint density at radius 2 is 2.27 bits per heavy atom. The summed E-state index contributed by atoms with van der Waals surface area (Å²) in [7, 11) is 0. The van der Waals surface area contributed by atoms with Crippen LogP contribution in [0.25, 0.3) is 0 Å². The molecule has 0 N–H and O–H groups in total. The zero-order valence-electron chi connectivity index (χ0n) is 6.71. The fraction of sp³-hybridized carbons (Fsp3) is 0.750. The van der Waals surface area contributed by atoms with Gasteiger partial charge < -0.3 is 0 Å². The van der Waals surface area contributed by atoms with Gasteiger partial charge in [0.1, 0.15) is 6.04 Å². The lowest BCUT2D eigenvalue weighted by molar-refractivity contribution is 0.556. The van der Waals surface area contributed by atoms with Gasteiger partial charge in [-0.3, -0.25) is 0 Å². The van der Waals surface area contributed by atoms with Gasteiger partial charge in [-0.25, -0.2) is 4.79 Å². The second-order valence-corrected chi connectivity index (χ2v) is 2.36. The molecule has 0 aliphatic heterocycles. The molecule has 0 rings (SSSR count).